The van der Waals surface area contributed by atoms with E-state index in [1.54, 1.807) is 4.90 Å². The SMILES string of the molecule is CCN(CC(=O)NC(C)C)CC(C)(O)C(=O)OC. The minimum Gasteiger partial charge on any atom is -0.467 e. The van der Waals surface area contributed by atoms with Crippen LogP contribution in [0.15, 0.2) is 0 Å². The highest BCUT2D eigenvalue weighted by atomic mass is 16.5. The van der Waals surface area contributed by atoms with Gasteiger partial charge in [-0.2, -0.15) is 0 Å². The molecule has 0 rings (SSSR count). The van der Waals surface area contributed by atoms with Crippen molar-refractivity contribution in [3.63, 3.8) is 0 Å². The van der Waals surface area contributed by atoms with Gasteiger partial charge in [0, 0.05) is 12.6 Å². The predicted molar refractivity (Wildman–Crippen MR) is 68.0 cm³/mol. The van der Waals surface area contributed by atoms with E-state index in [-0.39, 0.29) is 25.0 Å². The van der Waals surface area contributed by atoms with Gasteiger partial charge in [0.1, 0.15) is 0 Å². The molecule has 0 fully saturated rings. The molecule has 1 atom stereocenters. The summed E-state index contributed by atoms with van der Waals surface area (Å²) in [6.45, 7) is 7.73. The van der Waals surface area contributed by atoms with Gasteiger partial charge in [-0.15, -0.1) is 0 Å². The zero-order valence-corrected chi connectivity index (χ0v) is 11.8. The maximum atomic E-state index is 11.6. The van der Waals surface area contributed by atoms with Gasteiger partial charge in [-0.1, -0.05) is 6.92 Å². The minimum atomic E-state index is -1.61. The summed E-state index contributed by atoms with van der Waals surface area (Å²) in [7, 11) is 1.22. The predicted octanol–water partition coefficient (Wildman–Crippen LogP) is -0.243. The molecule has 0 aliphatic carbocycles. The van der Waals surface area contributed by atoms with Crippen LogP contribution in [0.2, 0.25) is 0 Å². The van der Waals surface area contributed by atoms with Crippen molar-refractivity contribution in [1.82, 2.24) is 10.2 Å². The number of hydrogen-bond donors (Lipinski definition) is 2. The van der Waals surface area contributed by atoms with Crippen molar-refractivity contribution in [2.75, 3.05) is 26.7 Å². The van der Waals surface area contributed by atoms with Crippen LogP contribution in [-0.2, 0) is 14.3 Å². The topological polar surface area (TPSA) is 78.9 Å². The molecule has 0 spiro atoms. The fraction of sp³-hybridized carbons (Fsp3) is 0.833. The number of hydrogen-bond acceptors (Lipinski definition) is 5. The molecule has 0 saturated heterocycles. The molecule has 0 radical (unpaired) electrons. The van der Waals surface area contributed by atoms with Crippen molar-refractivity contribution in [2.24, 2.45) is 0 Å². The third kappa shape index (κ3) is 5.97. The van der Waals surface area contributed by atoms with E-state index in [0.717, 1.165) is 0 Å². The molecule has 106 valence electrons. The van der Waals surface area contributed by atoms with E-state index in [0.29, 0.717) is 6.54 Å². The van der Waals surface area contributed by atoms with E-state index in [9.17, 15) is 14.7 Å². The Balaban J connectivity index is 4.43. The first-order valence-corrected chi connectivity index (χ1v) is 6.05. The second kappa shape index (κ2) is 7.33. The summed E-state index contributed by atoms with van der Waals surface area (Å²) in [5.41, 5.74) is -1.61. The molecule has 0 saturated carbocycles. The van der Waals surface area contributed by atoms with Gasteiger partial charge in [0.05, 0.1) is 13.7 Å². The Hall–Kier alpha value is -1.14. The van der Waals surface area contributed by atoms with Crippen molar-refractivity contribution in [1.29, 1.82) is 0 Å². The number of methoxy groups -OCH3 is 1. The van der Waals surface area contributed by atoms with Crippen LogP contribution in [0.1, 0.15) is 27.7 Å². The second-order valence-electron chi connectivity index (χ2n) is 4.79. The Morgan fingerprint density at radius 1 is 1.44 bits per heavy atom. The Morgan fingerprint density at radius 2 is 2.00 bits per heavy atom. The Kier molecular flexibility index (Phi) is 6.86. The van der Waals surface area contributed by atoms with Crippen molar-refractivity contribution in [3.05, 3.63) is 0 Å². The summed E-state index contributed by atoms with van der Waals surface area (Å²) < 4.78 is 4.51. The summed E-state index contributed by atoms with van der Waals surface area (Å²) in [5.74, 6) is -0.835. The zero-order valence-electron chi connectivity index (χ0n) is 11.8. The monoisotopic (exact) mass is 260 g/mol. The molecule has 18 heavy (non-hydrogen) atoms. The first-order valence-electron chi connectivity index (χ1n) is 6.05. The number of aliphatic hydroxyl groups is 1. The molecule has 0 bridgehead atoms. The van der Waals surface area contributed by atoms with Gasteiger partial charge in [-0.3, -0.25) is 9.69 Å². The quantitative estimate of drug-likeness (QED) is 0.618. The summed E-state index contributed by atoms with van der Waals surface area (Å²) in [5, 5.41) is 12.7. The van der Waals surface area contributed by atoms with Gasteiger partial charge in [-0.25, -0.2) is 4.79 Å². The third-order valence-corrected chi connectivity index (χ3v) is 2.42. The number of nitrogens with zero attached hydrogens (tertiary/aromatic N) is 1. The highest BCUT2D eigenvalue weighted by molar-refractivity contribution is 5.80. The molecule has 1 amide bonds. The fourth-order valence-electron chi connectivity index (χ4n) is 1.57. The number of carbonyl (C=O) groups is 2. The maximum Gasteiger partial charge on any atom is 0.338 e. The van der Waals surface area contributed by atoms with Crippen molar-refractivity contribution < 1.29 is 19.4 Å². The van der Waals surface area contributed by atoms with E-state index in [1.165, 1.54) is 14.0 Å². The smallest absolute Gasteiger partial charge is 0.338 e. The van der Waals surface area contributed by atoms with E-state index < -0.39 is 11.6 Å². The zero-order chi connectivity index (χ0) is 14.3. The molecule has 2 N–H and O–H groups in total. The van der Waals surface area contributed by atoms with E-state index in [4.69, 9.17) is 0 Å². The van der Waals surface area contributed by atoms with Crippen molar-refractivity contribution in [2.45, 2.75) is 39.3 Å². The van der Waals surface area contributed by atoms with Gasteiger partial charge in [-0.05, 0) is 27.3 Å². The largest absolute Gasteiger partial charge is 0.467 e. The number of esters is 1. The van der Waals surface area contributed by atoms with Crippen LogP contribution in [0.3, 0.4) is 0 Å². The molecule has 0 heterocycles. The molecule has 0 aliphatic rings. The molecular weight excluding hydrogens is 236 g/mol. The number of likely N-dealkylation sites (N-methyl/N-ethyl adjacent to an activating group) is 1. The third-order valence-electron chi connectivity index (χ3n) is 2.42. The standard InChI is InChI=1S/C12H24N2O4/c1-6-14(7-10(15)13-9(2)3)8-12(4,17)11(16)18-5/h9,17H,6-8H2,1-5H3,(H,13,15). The molecule has 0 aromatic carbocycles. The second-order valence-corrected chi connectivity index (χ2v) is 4.79. The van der Waals surface area contributed by atoms with E-state index in [2.05, 4.69) is 10.1 Å². The van der Waals surface area contributed by atoms with Crippen LogP contribution >= 0.6 is 0 Å². The molecule has 6 nitrogen and oxygen atoms in total. The lowest BCUT2D eigenvalue weighted by Gasteiger charge is -2.28. The van der Waals surface area contributed by atoms with E-state index >= 15 is 0 Å². The summed E-state index contributed by atoms with van der Waals surface area (Å²) in [6, 6.07) is 0.0670. The van der Waals surface area contributed by atoms with Crippen LogP contribution in [0, 0.1) is 0 Å². The van der Waals surface area contributed by atoms with Crippen LogP contribution in [0.4, 0.5) is 0 Å². The van der Waals surface area contributed by atoms with Crippen LogP contribution < -0.4 is 5.32 Å². The summed E-state index contributed by atoms with van der Waals surface area (Å²) in [4.78, 5) is 24.6. The Morgan fingerprint density at radius 3 is 2.39 bits per heavy atom. The molecule has 0 aromatic heterocycles. The Bertz CT molecular complexity index is 290. The van der Waals surface area contributed by atoms with Crippen molar-refractivity contribution >= 4 is 11.9 Å². The fourth-order valence-corrected chi connectivity index (χ4v) is 1.57. The van der Waals surface area contributed by atoms with E-state index in [1.807, 2.05) is 20.8 Å². The lowest BCUT2D eigenvalue weighted by molar-refractivity contribution is -0.162. The van der Waals surface area contributed by atoms with Gasteiger partial charge in [0.2, 0.25) is 5.91 Å². The lowest BCUT2D eigenvalue weighted by Crippen LogP contribution is -2.50. The first-order chi connectivity index (χ1) is 8.22. The molecule has 1 unspecified atom stereocenters. The number of nitrogens with one attached hydrogen (secondary N) is 1. The normalized spacial score (nSPS) is 14.4. The van der Waals surface area contributed by atoms with Gasteiger partial charge in [0.25, 0.3) is 0 Å². The number of carbonyl (C=O) groups excluding carboxylic acids is 2. The average Bonchev–Trinajstić information content (AvgIpc) is 2.25. The Labute approximate surface area is 108 Å². The number of ether oxygens (including phenoxy) is 1. The van der Waals surface area contributed by atoms with Crippen LogP contribution in [-0.4, -0.2) is 60.3 Å². The number of amides is 1. The molecule has 0 aliphatic heterocycles. The molecule has 6 heteroatoms. The minimum absolute atomic E-state index is 0.0572. The summed E-state index contributed by atoms with van der Waals surface area (Å²) >= 11 is 0. The van der Waals surface area contributed by atoms with Gasteiger partial charge < -0.3 is 15.2 Å². The van der Waals surface area contributed by atoms with Crippen LogP contribution in [0.5, 0.6) is 0 Å². The molecular formula is C12H24N2O4. The highest BCUT2D eigenvalue weighted by Gasteiger charge is 2.33. The van der Waals surface area contributed by atoms with Gasteiger partial charge >= 0.3 is 5.97 Å². The van der Waals surface area contributed by atoms with Gasteiger partial charge in [0.15, 0.2) is 5.60 Å². The summed E-state index contributed by atoms with van der Waals surface area (Å²) in [6.07, 6.45) is 0. The molecule has 0 aromatic rings. The highest BCUT2D eigenvalue weighted by Crippen LogP contribution is 2.08. The van der Waals surface area contributed by atoms with Crippen molar-refractivity contribution in [3.8, 4) is 0 Å². The maximum absolute atomic E-state index is 11.6. The first kappa shape index (κ1) is 16.9. The van der Waals surface area contributed by atoms with Crippen LogP contribution in [0.25, 0.3) is 0 Å². The lowest BCUT2D eigenvalue weighted by atomic mass is 10.1. The number of rotatable bonds is 7. The average molecular weight is 260 g/mol.